The highest BCUT2D eigenvalue weighted by atomic mass is 79.9. The van der Waals surface area contributed by atoms with Crippen molar-refractivity contribution < 1.29 is 9.90 Å². The van der Waals surface area contributed by atoms with Crippen LogP contribution in [0.15, 0.2) is 10.7 Å². The lowest BCUT2D eigenvalue weighted by Gasteiger charge is -2.33. The fraction of sp³-hybridized carbons (Fsp3) is 0.714. The van der Waals surface area contributed by atoms with Crippen molar-refractivity contribution in [2.24, 2.45) is 13.0 Å². The van der Waals surface area contributed by atoms with E-state index in [0.29, 0.717) is 18.5 Å². The number of hydrogen-bond acceptors (Lipinski definition) is 3. The maximum Gasteiger partial charge on any atom is 0.320 e. The third kappa shape index (κ3) is 2.39. The Kier molecular flexibility index (Phi) is 3.86. The van der Waals surface area contributed by atoms with Crippen molar-refractivity contribution >= 4 is 21.9 Å². The number of fused-ring (bicyclic) bond motifs is 1. The summed E-state index contributed by atoms with van der Waals surface area (Å²) in [6.07, 6.45) is 7.35. The minimum atomic E-state index is -0.683. The van der Waals surface area contributed by atoms with Crippen LogP contribution in [-0.4, -0.2) is 37.8 Å². The molecule has 0 radical (unpaired) electrons. The molecule has 1 aromatic rings. The molecule has 0 bridgehead atoms. The van der Waals surface area contributed by atoms with Crippen LogP contribution < -0.4 is 0 Å². The molecule has 1 aliphatic carbocycles. The molecule has 1 saturated heterocycles. The van der Waals surface area contributed by atoms with Gasteiger partial charge in [0.05, 0.1) is 16.4 Å². The van der Waals surface area contributed by atoms with Crippen molar-refractivity contribution in [2.45, 2.75) is 50.7 Å². The molecular weight excluding hydrogens is 322 g/mol. The van der Waals surface area contributed by atoms with Gasteiger partial charge in [-0.3, -0.25) is 14.4 Å². The predicted molar refractivity (Wildman–Crippen MR) is 78.2 cm³/mol. The van der Waals surface area contributed by atoms with Crippen LogP contribution in [0.2, 0.25) is 0 Å². The summed E-state index contributed by atoms with van der Waals surface area (Å²) in [7, 11) is 1.91. The zero-order chi connectivity index (χ0) is 14.3. The highest BCUT2D eigenvalue weighted by Crippen LogP contribution is 2.40. The van der Waals surface area contributed by atoms with Crippen molar-refractivity contribution in [1.29, 1.82) is 0 Å². The molecule has 5 nitrogen and oxygen atoms in total. The fourth-order valence-electron chi connectivity index (χ4n) is 3.81. The summed E-state index contributed by atoms with van der Waals surface area (Å²) in [5.74, 6) is -0.130. The molecule has 0 spiro atoms. The van der Waals surface area contributed by atoms with Crippen LogP contribution in [0.3, 0.4) is 0 Å². The van der Waals surface area contributed by atoms with Crippen LogP contribution in [0.1, 0.15) is 37.8 Å². The first-order valence-corrected chi connectivity index (χ1v) is 8.02. The minimum Gasteiger partial charge on any atom is -0.480 e. The number of aryl methyl sites for hydroxylation is 1. The van der Waals surface area contributed by atoms with E-state index >= 15 is 0 Å². The average molecular weight is 342 g/mol. The van der Waals surface area contributed by atoms with Crippen molar-refractivity contribution in [1.82, 2.24) is 14.7 Å². The maximum absolute atomic E-state index is 11.6. The third-order valence-corrected chi connectivity index (χ3v) is 5.51. The summed E-state index contributed by atoms with van der Waals surface area (Å²) < 4.78 is 2.79. The molecule has 1 aliphatic heterocycles. The van der Waals surface area contributed by atoms with Crippen molar-refractivity contribution in [2.75, 3.05) is 0 Å². The zero-order valence-electron chi connectivity index (χ0n) is 11.6. The van der Waals surface area contributed by atoms with Gasteiger partial charge in [-0.05, 0) is 41.1 Å². The number of halogens is 1. The van der Waals surface area contributed by atoms with Gasteiger partial charge in [-0.2, -0.15) is 5.10 Å². The molecule has 1 N–H and O–H groups in total. The standard InChI is InChI=1S/C14H20BrN3O2/c1-17-13(10(15)7-16-17)8-18-11-5-3-2-4-9(11)6-12(18)14(19)20/h7,9,11-12H,2-6,8H2,1H3,(H,19,20). The smallest absolute Gasteiger partial charge is 0.320 e. The van der Waals surface area contributed by atoms with Gasteiger partial charge in [0.15, 0.2) is 0 Å². The third-order valence-electron chi connectivity index (χ3n) is 4.85. The van der Waals surface area contributed by atoms with Gasteiger partial charge in [0.25, 0.3) is 0 Å². The van der Waals surface area contributed by atoms with Crippen molar-refractivity contribution in [3.8, 4) is 0 Å². The lowest BCUT2D eigenvalue weighted by molar-refractivity contribution is -0.143. The summed E-state index contributed by atoms with van der Waals surface area (Å²) in [4.78, 5) is 13.8. The second-order valence-corrected chi connectivity index (χ2v) is 6.79. The number of nitrogens with zero attached hydrogens (tertiary/aromatic N) is 3. The Morgan fingerprint density at radius 2 is 2.25 bits per heavy atom. The summed E-state index contributed by atoms with van der Waals surface area (Å²) >= 11 is 3.51. The molecule has 3 atom stereocenters. The minimum absolute atomic E-state index is 0.343. The Hall–Kier alpha value is -0.880. The van der Waals surface area contributed by atoms with Gasteiger partial charge in [0.1, 0.15) is 6.04 Å². The van der Waals surface area contributed by atoms with Gasteiger partial charge in [-0.15, -0.1) is 0 Å². The van der Waals surface area contributed by atoms with Crippen LogP contribution in [0, 0.1) is 5.92 Å². The SMILES string of the molecule is Cn1ncc(Br)c1CN1C(C(=O)O)CC2CCCCC21. The van der Waals surface area contributed by atoms with Crippen LogP contribution >= 0.6 is 15.9 Å². The molecule has 20 heavy (non-hydrogen) atoms. The zero-order valence-corrected chi connectivity index (χ0v) is 13.2. The van der Waals surface area contributed by atoms with Gasteiger partial charge in [-0.25, -0.2) is 0 Å². The molecule has 3 rings (SSSR count). The lowest BCUT2D eigenvalue weighted by atomic mass is 9.85. The van der Waals surface area contributed by atoms with E-state index in [1.807, 2.05) is 11.7 Å². The van der Waals surface area contributed by atoms with E-state index in [0.717, 1.165) is 23.0 Å². The summed E-state index contributed by atoms with van der Waals surface area (Å²) in [6.45, 7) is 0.662. The first kappa shape index (κ1) is 14.1. The maximum atomic E-state index is 11.6. The van der Waals surface area contributed by atoms with Crippen molar-refractivity contribution in [3.05, 3.63) is 16.4 Å². The number of aliphatic carboxylic acids is 1. The molecule has 0 aromatic carbocycles. The Balaban J connectivity index is 1.86. The number of aromatic nitrogens is 2. The number of likely N-dealkylation sites (tertiary alicyclic amines) is 1. The Morgan fingerprint density at radius 1 is 1.50 bits per heavy atom. The van der Waals surface area contributed by atoms with E-state index in [2.05, 4.69) is 25.9 Å². The molecule has 2 heterocycles. The molecule has 110 valence electrons. The number of hydrogen-bond donors (Lipinski definition) is 1. The summed E-state index contributed by atoms with van der Waals surface area (Å²) in [5.41, 5.74) is 1.06. The number of carbonyl (C=O) groups is 1. The number of rotatable bonds is 3. The van der Waals surface area contributed by atoms with Crippen LogP contribution in [0.25, 0.3) is 0 Å². The van der Waals surface area contributed by atoms with Gasteiger partial charge >= 0.3 is 5.97 Å². The van der Waals surface area contributed by atoms with Crippen LogP contribution in [0.4, 0.5) is 0 Å². The van der Waals surface area contributed by atoms with Gasteiger partial charge in [0, 0.05) is 19.6 Å². The second kappa shape index (κ2) is 5.48. The molecule has 2 fully saturated rings. The first-order valence-electron chi connectivity index (χ1n) is 7.23. The van der Waals surface area contributed by atoms with Crippen LogP contribution in [-0.2, 0) is 18.4 Å². The van der Waals surface area contributed by atoms with E-state index in [9.17, 15) is 9.90 Å². The Labute approximate surface area is 127 Å². The predicted octanol–water partition coefficient (Wildman–Crippen LogP) is 2.40. The normalized spacial score (nSPS) is 30.4. The van der Waals surface area contributed by atoms with E-state index in [-0.39, 0.29) is 6.04 Å². The highest BCUT2D eigenvalue weighted by molar-refractivity contribution is 9.10. The highest BCUT2D eigenvalue weighted by Gasteiger charge is 2.45. The number of carboxylic acid groups (broad SMARTS) is 1. The van der Waals surface area contributed by atoms with E-state index in [1.165, 1.54) is 19.3 Å². The lowest BCUT2D eigenvalue weighted by Crippen LogP contribution is -2.42. The molecule has 6 heteroatoms. The molecular formula is C14H20BrN3O2. The van der Waals surface area contributed by atoms with E-state index < -0.39 is 5.97 Å². The summed E-state index contributed by atoms with van der Waals surface area (Å²) in [5, 5.41) is 13.7. The molecule has 2 aliphatic rings. The van der Waals surface area contributed by atoms with Crippen LogP contribution in [0.5, 0.6) is 0 Å². The fourth-order valence-corrected chi connectivity index (χ4v) is 4.28. The van der Waals surface area contributed by atoms with E-state index in [4.69, 9.17) is 0 Å². The molecule has 0 amide bonds. The quantitative estimate of drug-likeness (QED) is 0.917. The Bertz CT molecular complexity index is 497. The number of carboxylic acids is 1. The average Bonchev–Trinajstić information content (AvgIpc) is 2.94. The van der Waals surface area contributed by atoms with Gasteiger partial charge in [-0.1, -0.05) is 12.8 Å². The second-order valence-electron chi connectivity index (χ2n) is 5.94. The molecule has 3 unspecified atom stereocenters. The monoisotopic (exact) mass is 341 g/mol. The van der Waals surface area contributed by atoms with Gasteiger partial charge < -0.3 is 5.11 Å². The molecule has 1 saturated carbocycles. The molecule has 1 aromatic heterocycles. The van der Waals surface area contributed by atoms with Gasteiger partial charge in [0.2, 0.25) is 0 Å². The topological polar surface area (TPSA) is 58.4 Å². The van der Waals surface area contributed by atoms with E-state index in [1.54, 1.807) is 6.20 Å². The Morgan fingerprint density at radius 3 is 2.90 bits per heavy atom. The first-order chi connectivity index (χ1) is 9.58. The largest absolute Gasteiger partial charge is 0.480 e. The van der Waals surface area contributed by atoms with Crippen molar-refractivity contribution in [3.63, 3.8) is 0 Å². The summed E-state index contributed by atoms with van der Waals surface area (Å²) in [6, 6.07) is 0.0801.